The van der Waals surface area contributed by atoms with Gasteiger partial charge in [0.25, 0.3) is 0 Å². The van der Waals surface area contributed by atoms with Gasteiger partial charge in [0.15, 0.2) is 0 Å². The molecule has 20 heavy (non-hydrogen) atoms. The molecule has 0 aliphatic heterocycles. The number of benzene rings is 2. The van der Waals surface area contributed by atoms with E-state index in [2.05, 4.69) is 19.9 Å². The molecular weight excluding hydrogens is 248 g/mol. The van der Waals surface area contributed by atoms with E-state index in [0.717, 1.165) is 6.42 Å². The zero-order valence-electron chi connectivity index (χ0n) is 11.9. The van der Waals surface area contributed by atoms with Crippen molar-refractivity contribution in [2.75, 3.05) is 0 Å². The van der Waals surface area contributed by atoms with E-state index in [9.17, 15) is 10.2 Å². The first-order chi connectivity index (χ1) is 9.61. The van der Waals surface area contributed by atoms with Crippen LogP contribution in [0.3, 0.4) is 0 Å². The second kappa shape index (κ2) is 4.86. The quantitative estimate of drug-likeness (QED) is 0.849. The van der Waals surface area contributed by atoms with Gasteiger partial charge in [-0.1, -0.05) is 32.0 Å². The van der Waals surface area contributed by atoms with Crippen molar-refractivity contribution in [3.05, 3.63) is 59.2 Å². The second-order valence-corrected chi connectivity index (χ2v) is 5.76. The maximum Gasteiger partial charge on any atom is 0.115 e. The van der Waals surface area contributed by atoms with Gasteiger partial charge in [-0.15, -0.1) is 0 Å². The summed E-state index contributed by atoms with van der Waals surface area (Å²) in [5.74, 6) is 1.95. The number of phenols is 2. The summed E-state index contributed by atoms with van der Waals surface area (Å²) >= 11 is 0. The van der Waals surface area contributed by atoms with Crippen molar-refractivity contribution < 1.29 is 10.2 Å². The highest BCUT2D eigenvalue weighted by molar-refractivity contribution is 5.49. The van der Waals surface area contributed by atoms with Gasteiger partial charge in [0.1, 0.15) is 11.5 Å². The first-order valence-electron chi connectivity index (χ1n) is 7.23. The van der Waals surface area contributed by atoms with E-state index in [4.69, 9.17) is 0 Å². The molecule has 0 spiro atoms. The Morgan fingerprint density at radius 1 is 0.900 bits per heavy atom. The molecule has 2 heteroatoms. The van der Waals surface area contributed by atoms with E-state index >= 15 is 0 Å². The molecule has 0 bridgehead atoms. The highest BCUT2D eigenvalue weighted by atomic mass is 16.3. The molecule has 3 rings (SSSR count). The topological polar surface area (TPSA) is 40.5 Å². The highest BCUT2D eigenvalue weighted by Gasteiger charge is 2.37. The molecule has 2 aromatic rings. The van der Waals surface area contributed by atoms with Crippen molar-refractivity contribution in [1.29, 1.82) is 0 Å². The van der Waals surface area contributed by atoms with Crippen LogP contribution < -0.4 is 0 Å². The fourth-order valence-corrected chi connectivity index (χ4v) is 3.72. The summed E-state index contributed by atoms with van der Waals surface area (Å²) in [6, 6.07) is 13.2. The summed E-state index contributed by atoms with van der Waals surface area (Å²) < 4.78 is 0. The van der Waals surface area contributed by atoms with Gasteiger partial charge in [0, 0.05) is 5.92 Å². The second-order valence-electron chi connectivity index (χ2n) is 5.76. The van der Waals surface area contributed by atoms with Crippen LogP contribution in [0.5, 0.6) is 11.5 Å². The van der Waals surface area contributed by atoms with E-state index < -0.39 is 0 Å². The maximum absolute atomic E-state index is 9.81. The van der Waals surface area contributed by atoms with Crippen LogP contribution in [0.15, 0.2) is 42.5 Å². The third kappa shape index (κ3) is 1.96. The molecular formula is C18H20O2. The molecule has 1 aliphatic carbocycles. The van der Waals surface area contributed by atoms with Crippen molar-refractivity contribution in [2.24, 2.45) is 5.92 Å². The van der Waals surface area contributed by atoms with Gasteiger partial charge in [-0.25, -0.2) is 0 Å². The van der Waals surface area contributed by atoms with Crippen LogP contribution in [-0.2, 0) is 0 Å². The average molecular weight is 268 g/mol. The Bertz CT molecular complexity index is 616. The fourth-order valence-electron chi connectivity index (χ4n) is 3.72. The third-order valence-electron chi connectivity index (χ3n) is 4.66. The van der Waals surface area contributed by atoms with Crippen LogP contribution in [0, 0.1) is 5.92 Å². The molecule has 0 heterocycles. The van der Waals surface area contributed by atoms with Crippen LogP contribution >= 0.6 is 0 Å². The molecule has 1 aliphatic rings. The summed E-state index contributed by atoms with van der Waals surface area (Å²) in [7, 11) is 0. The number of hydrogen-bond acceptors (Lipinski definition) is 2. The number of hydrogen-bond donors (Lipinski definition) is 2. The normalized spacial score (nSPS) is 24.6. The van der Waals surface area contributed by atoms with Crippen LogP contribution in [-0.4, -0.2) is 10.2 Å². The number of fused-ring (bicyclic) bond motifs is 1. The maximum atomic E-state index is 9.81. The molecule has 3 unspecified atom stereocenters. The molecule has 2 N–H and O–H groups in total. The molecule has 0 saturated heterocycles. The predicted octanol–water partition coefficient (Wildman–Crippen LogP) is 4.37. The number of phenolic OH excluding ortho intramolecular Hbond substituents is 2. The lowest BCUT2D eigenvalue weighted by atomic mass is 9.83. The Balaban J connectivity index is 2.12. The lowest BCUT2D eigenvalue weighted by molar-refractivity contribution is 0.445. The van der Waals surface area contributed by atoms with Gasteiger partial charge in [-0.05, 0) is 59.2 Å². The van der Waals surface area contributed by atoms with Gasteiger partial charge >= 0.3 is 0 Å². The Labute approximate surface area is 119 Å². The van der Waals surface area contributed by atoms with Crippen molar-refractivity contribution in [2.45, 2.75) is 32.1 Å². The SMILES string of the molecule is CCC1c2ccc(O)cc2C(c2ccc(O)cc2)C1C. The van der Waals surface area contributed by atoms with Gasteiger partial charge in [0.2, 0.25) is 0 Å². The first kappa shape index (κ1) is 13.0. The monoisotopic (exact) mass is 268 g/mol. The van der Waals surface area contributed by atoms with E-state index in [1.54, 1.807) is 18.2 Å². The van der Waals surface area contributed by atoms with Crippen LogP contribution in [0.2, 0.25) is 0 Å². The van der Waals surface area contributed by atoms with E-state index in [0.29, 0.717) is 29.3 Å². The average Bonchev–Trinajstić information content (AvgIpc) is 2.71. The van der Waals surface area contributed by atoms with Crippen LogP contribution in [0.4, 0.5) is 0 Å². The minimum absolute atomic E-state index is 0.294. The smallest absolute Gasteiger partial charge is 0.115 e. The molecule has 3 atom stereocenters. The summed E-state index contributed by atoms with van der Waals surface area (Å²) in [5.41, 5.74) is 3.80. The standard InChI is InChI=1S/C18H20O2/c1-3-15-11(2)18(12-4-6-13(19)7-5-12)17-10-14(20)8-9-16(15)17/h4-11,15,18-20H,3H2,1-2H3. The van der Waals surface area contributed by atoms with E-state index in [-0.39, 0.29) is 0 Å². The predicted molar refractivity (Wildman–Crippen MR) is 80.3 cm³/mol. The van der Waals surface area contributed by atoms with Gasteiger partial charge in [-0.2, -0.15) is 0 Å². The lowest BCUT2D eigenvalue weighted by Crippen LogP contribution is -2.09. The zero-order valence-corrected chi connectivity index (χ0v) is 11.9. The first-order valence-corrected chi connectivity index (χ1v) is 7.23. The van der Waals surface area contributed by atoms with Crippen molar-refractivity contribution in [3.8, 4) is 11.5 Å². The minimum Gasteiger partial charge on any atom is -0.508 e. The summed E-state index contributed by atoms with van der Waals surface area (Å²) in [6.07, 6.45) is 1.10. The Hall–Kier alpha value is -1.96. The minimum atomic E-state index is 0.294. The molecule has 2 nitrogen and oxygen atoms in total. The summed E-state index contributed by atoms with van der Waals surface area (Å²) in [5, 5.41) is 19.3. The molecule has 2 aromatic carbocycles. The summed E-state index contributed by atoms with van der Waals surface area (Å²) in [6.45, 7) is 4.50. The molecule has 0 radical (unpaired) electrons. The molecule has 0 aromatic heterocycles. The third-order valence-corrected chi connectivity index (χ3v) is 4.66. The Morgan fingerprint density at radius 3 is 2.20 bits per heavy atom. The van der Waals surface area contributed by atoms with E-state index in [1.165, 1.54) is 16.7 Å². The van der Waals surface area contributed by atoms with Gasteiger partial charge < -0.3 is 10.2 Å². The van der Waals surface area contributed by atoms with Crippen molar-refractivity contribution in [1.82, 2.24) is 0 Å². The van der Waals surface area contributed by atoms with Gasteiger partial charge in [0.05, 0.1) is 0 Å². The zero-order chi connectivity index (χ0) is 14.3. The van der Waals surface area contributed by atoms with Crippen LogP contribution in [0.25, 0.3) is 0 Å². The van der Waals surface area contributed by atoms with Crippen molar-refractivity contribution in [3.63, 3.8) is 0 Å². The van der Waals surface area contributed by atoms with Crippen LogP contribution in [0.1, 0.15) is 48.8 Å². The lowest BCUT2D eigenvalue weighted by Gasteiger charge is -2.21. The largest absolute Gasteiger partial charge is 0.508 e. The van der Waals surface area contributed by atoms with Gasteiger partial charge in [-0.3, -0.25) is 0 Å². The highest BCUT2D eigenvalue weighted by Crippen LogP contribution is 2.51. The fraction of sp³-hybridized carbons (Fsp3) is 0.333. The molecule has 0 amide bonds. The molecule has 0 saturated carbocycles. The number of rotatable bonds is 2. The van der Waals surface area contributed by atoms with Crippen molar-refractivity contribution >= 4 is 0 Å². The molecule has 0 fully saturated rings. The molecule has 104 valence electrons. The van der Waals surface area contributed by atoms with E-state index in [1.807, 2.05) is 18.2 Å². The Morgan fingerprint density at radius 2 is 1.55 bits per heavy atom. The number of aromatic hydroxyl groups is 2. The summed E-state index contributed by atoms with van der Waals surface area (Å²) in [4.78, 5) is 0. The Kier molecular flexibility index (Phi) is 3.17.